The van der Waals surface area contributed by atoms with Gasteiger partial charge < -0.3 is 10.4 Å². The number of halogens is 1. The van der Waals surface area contributed by atoms with E-state index in [0.29, 0.717) is 13.1 Å². The molecule has 1 aromatic heterocycles. The number of aliphatic hydroxyl groups excluding tert-OH is 1. The van der Waals surface area contributed by atoms with E-state index >= 15 is 0 Å². The van der Waals surface area contributed by atoms with Crippen LogP contribution in [0.1, 0.15) is 40.5 Å². The molecule has 0 bridgehead atoms. The Morgan fingerprint density at radius 1 is 1.41 bits per heavy atom. The number of nitrogens with zero attached hydrogens (tertiary/aromatic N) is 2. The van der Waals surface area contributed by atoms with Gasteiger partial charge in [0.25, 0.3) is 0 Å². The predicted octanol–water partition coefficient (Wildman–Crippen LogP) is 2.41. The number of fused-ring (bicyclic) bond motifs is 1. The van der Waals surface area contributed by atoms with E-state index in [-0.39, 0.29) is 18.5 Å². The Morgan fingerprint density at radius 3 is 3.00 bits per heavy atom. The Bertz CT molecular complexity index is 681. The molecule has 2 N–H and O–H groups in total. The molecule has 1 heterocycles. The highest BCUT2D eigenvalue weighted by atomic mass is 19.1. The van der Waals surface area contributed by atoms with E-state index in [2.05, 4.69) is 10.4 Å². The van der Waals surface area contributed by atoms with Crippen LogP contribution in [0.4, 0.5) is 4.39 Å². The summed E-state index contributed by atoms with van der Waals surface area (Å²) < 4.78 is 15.3. The van der Waals surface area contributed by atoms with Gasteiger partial charge in [0.2, 0.25) is 0 Å². The fraction of sp³-hybridized carbons (Fsp3) is 0.471. The van der Waals surface area contributed by atoms with Crippen LogP contribution in [0.5, 0.6) is 0 Å². The predicted molar refractivity (Wildman–Crippen MR) is 83.1 cm³/mol. The molecule has 3 rings (SSSR count). The van der Waals surface area contributed by atoms with Crippen molar-refractivity contribution in [3.63, 3.8) is 0 Å². The van der Waals surface area contributed by atoms with Crippen molar-refractivity contribution in [3.05, 3.63) is 52.1 Å². The summed E-state index contributed by atoms with van der Waals surface area (Å²) in [5.41, 5.74) is 5.55. The Balaban J connectivity index is 1.74. The second kappa shape index (κ2) is 6.18. The summed E-state index contributed by atoms with van der Waals surface area (Å²) >= 11 is 0. The topological polar surface area (TPSA) is 50.1 Å². The molecule has 0 spiro atoms. The zero-order chi connectivity index (χ0) is 15.7. The molecule has 1 aromatic carbocycles. The van der Waals surface area contributed by atoms with Crippen LogP contribution in [0.3, 0.4) is 0 Å². The first-order valence-corrected chi connectivity index (χ1v) is 7.75. The minimum absolute atomic E-state index is 0.0874. The second-order valence-electron chi connectivity index (χ2n) is 5.91. The minimum atomic E-state index is -0.171. The van der Waals surface area contributed by atoms with Crippen molar-refractivity contribution in [1.29, 1.82) is 0 Å². The minimum Gasteiger partial charge on any atom is -0.394 e. The zero-order valence-electron chi connectivity index (χ0n) is 13.1. The van der Waals surface area contributed by atoms with Gasteiger partial charge in [0.1, 0.15) is 5.82 Å². The van der Waals surface area contributed by atoms with Crippen molar-refractivity contribution in [2.75, 3.05) is 6.61 Å². The Hall–Kier alpha value is -1.72. The summed E-state index contributed by atoms with van der Waals surface area (Å²) in [5, 5.41) is 17.1. The first-order chi connectivity index (χ1) is 10.6. The smallest absolute Gasteiger partial charge is 0.123 e. The number of aryl methyl sites for hydroxylation is 2. The van der Waals surface area contributed by atoms with Crippen LogP contribution in [0.2, 0.25) is 0 Å². The molecule has 1 aliphatic carbocycles. The van der Waals surface area contributed by atoms with E-state index in [9.17, 15) is 4.39 Å². The molecular weight excluding hydrogens is 281 g/mol. The third kappa shape index (κ3) is 2.78. The number of hydrogen-bond donors (Lipinski definition) is 2. The SMILES string of the molecule is Cc1nn(CCO)c(C)c1CNC1CCc2ccc(F)cc21. The normalized spacial score (nSPS) is 17.0. The largest absolute Gasteiger partial charge is 0.394 e. The Morgan fingerprint density at radius 2 is 2.23 bits per heavy atom. The van der Waals surface area contributed by atoms with Gasteiger partial charge in [-0.3, -0.25) is 4.68 Å². The zero-order valence-corrected chi connectivity index (χ0v) is 13.1. The first-order valence-electron chi connectivity index (χ1n) is 7.75. The van der Waals surface area contributed by atoms with Gasteiger partial charge in [0.05, 0.1) is 18.8 Å². The molecule has 1 aliphatic rings. The van der Waals surface area contributed by atoms with E-state index in [0.717, 1.165) is 29.8 Å². The van der Waals surface area contributed by atoms with Gasteiger partial charge in [-0.25, -0.2) is 4.39 Å². The molecule has 1 unspecified atom stereocenters. The molecule has 118 valence electrons. The van der Waals surface area contributed by atoms with Crippen LogP contribution in [-0.2, 0) is 19.5 Å². The molecule has 2 aromatic rings. The summed E-state index contributed by atoms with van der Waals surface area (Å²) in [6.07, 6.45) is 2.00. The lowest BCUT2D eigenvalue weighted by molar-refractivity contribution is 0.267. The summed E-state index contributed by atoms with van der Waals surface area (Å²) in [5.74, 6) is -0.171. The van der Waals surface area contributed by atoms with Crippen molar-refractivity contribution in [3.8, 4) is 0 Å². The molecule has 5 heteroatoms. The molecule has 22 heavy (non-hydrogen) atoms. The van der Waals surface area contributed by atoms with Gasteiger partial charge in [-0.1, -0.05) is 6.07 Å². The van der Waals surface area contributed by atoms with E-state index in [1.54, 1.807) is 6.07 Å². The van der Waals surface area contributed by atoms with Crippen LogP contribution < -0.4 is 5.32 Å². The van der Waals surface area contributed by atoms with Crippen LogP contribution in [0.15, 0.2) is 18.2 Å². The monoisotopic (exact) mass is 303 g/mol. The molecule has 0 aliphatic heterocycles. The molecular formula is C17H22FN3O. The summed E-state index contributed by atoms with van der Waals surface area (Å²) in [6, 6.07) is 5.27. The third-order valence-electron chi connectivity index (χ3n) is 4.55. The van der Waals surface area contributed by atoms with Crippen LogP contribution in [0, 0.1) is 19.7 Å². The van der Waals surface area contributed by atoms with E-state index in [1.807, 2.05) is 24.6 Å². The molecule has 0 saturated carbocycles. The van der Waals surface area contributed by atoms with E-state index < -0.39 is 0 Å². The van der Waals surface area contributed by atoms with Gasteiger partial charge >= 0.3 is 0 Å². The lowest BCUT2D eigenvalue weighted by atomic mass is 10.1. The van der Waals surface area contributed by atoms with Gasteiger partial charge in [0.15, 0.2) is 0 Å². The molecule has 4 nitrogen and oxygen atoms in total. The maximum absolute atomic E-state index is 13.5. The highest BCUT2D eigenvalue weighted by Gasteiger charge is 2.23. The number of benzene rings is 1. The van der Waals surface area contributed by atoms with Gasteiger partial charge in [0, 0.05) is 23.8 Å². The number of aromatic nitrogens is 2. The van der Waals surface area contributed by atoms with Gasteiger partial charge in [-0.2, -0.15) is 5.10 Å². The molecule has 0 radical (unpaired) electrons. The standard InChI is InChI=1S/C17H22FN3O/c1-11-16(12(2)21(20-11)7-8-22)10-19-17-6-4-13-3-5-14(18)9-15(13)17/h3,5,9,17,19,22H,4,6-8,10H2,1-2H3. The summed E-state index contributed by atoms with van der Waals surface area (Å²) in [4.78, 5) is 0. The fourth-order valence-electron chi connectivity index (χ4n) is 3.31. The van der Waals surface area contributed by atoms with Crippen molar-refractivity contribution in [1.82, 2.24) is 15.1 Å². The molecule has 0 saturated heterocycles. The van der Waals surface area contributed by atoms with Crippen molar-refractivity contribution in [2.24, 2.45) is 0 Å². The Labute approximate surface area is 130 Å². The summed E-state index contributed by atoms with van der Waals surface area (Å²) in [7, 11) is 0. The van der Waals surface area contributed by atoms with Crippen molar-refractivity contribution < 1.29 is 9.50 Å². The number of hydrogen-bond acceptors (Lipinski definition) is 3. The second-order valence-corrected chi connectivity index (χ2v) is 5.91. The lowest BCUT2D eigenvalue weighted by Crippen LogP contribution is -2.19. The van der Waals surface area contributed by atoms with Crippen LogP contribution in [-0.4, -0.2) is 21.5 Å². The molecule has 1 atom stereocenters. The maximum atomic E-state index is 13.5. The number of rotatable bonds is 5. The summed E-state index contributed by atoms with van der Waals surface area (Å²) in [6.45, 7) is 5.33. The lowest BCUT2D eigenvalue weighted by Gasteiger charge is -2.14. The van der Waals surface area contributed by atoms with Crippen molar-refractivity contribution in [2.45, 2.75) is 45.8 Å². The number of aliphatic hydroxyl groups is 1. The average molecular weight is 303 g/mol. The molecule has 0 fully saturated rings. The van der Waals surface area contributed by atoms with Crippen molar-refractivity contribution >= 4 is 0 Å². The highest BCUT2D eigenvalue weighted by molar-refractivity contribution is 5.35. The third-order valence-corrected chi connectivity index (χ3v) is 4.55. The van der Waals surface area contributed by atoms with E-state index in [1.165, 1.54) is 17.2 Å². The Kier molecular flexibility index (Phi) is 4.27. The average Bonchev–Trinajstić information content (AvgIpc) is 3.00. The highest BCUT2D eigenvalue weighted by Crippen LogP contribution is 2.32. The maximum Gasteiger partial charge on any atom is 0.123 e. The van der Waals surface area contributed by atoms with Gasteiger partial charge in [-0.15, -0.1) is 0 Å². The van der Waals surface area contributed by atoms with Crippen LogP contribution in [0.25, 0.3) is 0 Å². The molecule has 0 amide bonds. The van der Waals surface area contributed by atoms with E-state index in [4.69, 9.17) is 5.11 Å². The number of nitrogens with one attached hydrogen (secondary N) is 1. The quantitative estimate of drug-likeness (QED) is 0.892. The van der Waals surface area contributed by atoms with Crippen LogP contribution >= 0.6 is 0 Å². The fourth-order valence-corrected chi connectivity index (χ4v) is 3.31. The van der Waals surface area contributed by atoms with Gasteiger partial charge in [-0.05, 0) is 49.9 Å². The first kappa shape index (κ1) is 15.2.